The van der Waals surface area contributed by atoms with Crippen LogP contribution >= 0.6 is 0 Å². The lowest BCUT2D eigenvalue weighted by molar-refractivity contribution is 0.801. The normalized spacial score (nSPS) is 11.9. The van der Waals surface area contributed by atoms with E-state index < -0.39 is 0 Å². The SMILES string of the molecule is C/C=C/CCNC(=NC)NCc1ccc(C)cc1C. The summed E-state index contributed by atoms with van der Waals surface area (Å²) < 4.78 is 0. The standard InChI is InChI=1S/C16H25N3/c1-5-6-7-10-18-16(17-4)19-12-15-9-8-13(2)11-14(15)3/h5-6,8-9,11H,7,10,12H2,1-4H3,(H2,17,18,19)/b6-5+. The minimum Gasteiger partial charge on any atom is -0.356 e. The van der Waals surface area contributed by atoms with E-state index in [0.29, 0.717) is 0 Å². The van der Waals surface area contributed by atoms with Gasteiger partial charge in [-0.1, -0.05) is 35.9 Å². The third kappa shape index (κ3) is 5.60. The molecule has 0 amide bonds. The van der Waals surface area contributed by atoms with Crippen molar-refractivity contribution in [3.05, 3.63) is 47.0 Å². The van der Waals surface area contributed by atoms with Gasteiger partial charge in [0, 0.05) is 20.1 Å². The number of hydrogen-bond donors (Lipinski definition) is 2. The van der Waals surface area contributed by atoms with E-state index in [1.54, 1.807) is 7.05 Å². The molecular weight excluding hydrogens is 234 g/mol. The molecule has 0 aliphatic carbocycles. The van der Waals surface area contributed by atoms with Crippen LogP contribution in [0, 0.1) is 13.8 Å². The molecule has 0 saturated heterocycles. The van der Waals surface area contributed by atoms with Crippen molar-refractivity contribution in [2.24, 2.45) is 4.99 Å². The van der Waals surface area contributed by atoms with Crippen LogP contribution in [-0.4, -0.2) is 19.6 Å². The molecule has 19 heavy (non-hydrogen) atoms. The molecule has 0 bridgehead atoms. The lowest BCUT2D eigenvalue weighted by Gasteiger charge is -2.13. The first kappa shape index (κ1) is 15.3. The molecule has 2 N–H and O–H groups in total. The highest BCUT2D eigenvalue weighted by Gasteiger charge is 2.00. The topological polar surface area (TPSA) is 36.4 Å². The summed E-state index contributed by atoms with van der Waals surface area (Å²) in [5.74, 6) is 0.851. The zero-order chi connectivity index (χ0) is 14.1. The van der Waals surface area contributed by atoms with E-state index in [4.69, 9.17) is 0 Å². The molecule has 0 atom stereocenters. The Morgan fingerprint density at radius 1 is 1.26 bits per heavy atom. The van der Waals surface area contributed by atoms with E-state index in [1.165, 1.54) is 16.7 Å². The van der Waals surface area contributed by atoms with Crippen molar-refractivity contribution in [2.45, 2.75) is 33.7 Å². The third-order valence-corrected chi connectivity index (χ3v) is 3.01. The molecule has 1 aromatic rings. The van der Waals surface area contributed by atoms with Gasteiger partial charge < -0.3 is 10.6 Å². The molecule has 0 aliphatic rings. The summed E-state index contributed by atoms with van der Waals surface area (Å²) >= 11 is 0. The second-order valence-electron chi connectivity index (χ2n) is 4.64. The summed E-state index contributed by atoms with van der Waals surface area (Å²) in [5.41, 5.74) is 3.92. The minimum atomic E-state index is 0.801. The average Bonchev–Trinajstić information content (AvgIpc) is 2.40. The van der Waals surface area contributed by atoms with Crippen LogP contribution in [0.3, 0.4) is 0 Å². The Labute approximate surface area is 116 Å². The molecule has 0 aromatic heterocycles. The van der Waals surface area contributed by atoms with Crippen LogP contribution in [0.25, 0.3) is 0 Å². The van der Waals surface area contributed by atoms with Crippen molar-refractivity contribution in [1.82, 2.24) is 10.6 Å². The van der Waals surface area contributed by atoms with Gasteiger partial charge >= 0.3 is 0 Å². The van der Waals surface area contributed by atoms with Crippen molar-refractivity contribution in [1.29, 1.82) is 0 Å². The van der Waals surface area contributed by atoms with Gasteiger partial charge in [0.2, 0.25) is 0 Å². The Morgan fingerprint density at radius 2 is 2.05 bits per heavy atom. The summed E-state index contributed by atoms with van der Waals surface area (Å²) in [6.45, 7) is 8.00. The van der Waals surface area contributed by atoms with Gasteiger partial charge in [-0.2, -0.15) is 0 Å². The predicted octanol–water partition coefficient (Wildman–Crippen LogP) is 2.93. The molecule has 0 radical (unpaired) electrons. The fourth-order valence-electron chi connectivity index (χ4n) is 1.88. The highest BCUT2D eigenvalue weighted by atomic mass is 15.2. The van der Waals surface area contributed by atoms with Crippen LogP contribution in [-0.2, 0) is 6.54 Å². The molecular formula is C16H25N3. The molecule has 0 aliphatic heterocycles. The first-order valence-corrected chi connectivity index (χ1v) is 6.79. The van der Waals surface area contributed by atoms with E-state index in [0.717, 1.165) is 25.5 Å². The molecule has 0 unspecified atom stereocenters. The second-order valence-corrected chi connectivity index (χ2v) is 4.64. The van der Waals surface area contributed by atoms with Crippen LogP contribution < -0.4 is 10.6 Å². The van der Waals surface area contributed by atoms with Crippen LogP contribution in [0.1, 0.15) is 30.0 Å². The Bertz CT molecular complexity index is 447. The van der Waals surface area contributed by atoms with Crippen molar-refractivity contribution in [3.8, 4) is 0 Å². The number of nitrogens with one attached hydrogen (secondary N) is 2. The highest BCUT2D eigenvalue weighted by molar-refractivity contribution is 5.79. The van der Waals surface area contributed by atoms with Gasteiger partial charge in [0.25, 0.3) is 0 Å². The molecule has 0 fully saturated rings. The number of allylic oxidation sites excluding steroid dienone is 1. The maximum Gasteiger partial charge on any atom is 0.191 e. The number of aliphatic imine (C=N–C) groups is 1. The maximum atomic E-state index is 4.22. The number of hydrogen-bond acceptors (Lipinski definition) is 1. The van der Waals surface area contributed by atoms with E-state index in [9.17, 15) is 0 Å². The molecule has 3 heteroatoms. The number of nitrogens with zero attached hydrogens (tertiary/aromatic N) is 1. The molecule has 0 saturated carbocycles. The molecule has 0 spiro atoms. The van der Waals surface area contributed by atoms with Gasteiger partial charge in [0.05, 0.1) is 0 Å². The van der Waals surface area contributed by atoms with Crippen molar-refractivity contribution < 1.29 is 0 Å². The lowest BCUT2D eigenvalue weighted by Crippen LogP contribution is -2.37. The highest BCUT2D eigenvalue weighted by Crippen LogP contribution is 2.09. The van der Waals surface area contributed by atoms with Crippen molar-refractivity contribution >= 4 is 5.96 Å². The van der Waals surface area contributed by atoms with Crippen LogP contribution in [0.4, 0.5) is 0 Å². The zero-order valence-electron chi connectivity index (χ0n) is 12.5. The molecule has 104 valence electrons. The fourth-order valence-corrected chi connectivity index (χ4v) is 1.88. The largest absolute Gasteiger partial charge is 0.356 e. The molecule has 3 nitrogen and oxygen atoms in total. The summed E-state index contributed by atoms with van der Waals surface area (Å²) in [6.07, 6.45) is 5.22. The van der Waals surface area contributed by atoms with Crippen molar-refractivity contribution in [2.75, 3.05) is 13.6 Å². The van der Waals surface area contributed by atoms with E-state index >= 15 is 0 Å². The van der Waals surface area contributed by atoms with Gasteiger partial charge in [-0.15, -0.1) is 0 Å². The quantitative estimate of drug-likeness (QED) is 0.369. The zero-order valence-corrected chi connectivity index (χ0v) is 12.5. The van der Waals surface area contributed by atoms with Crippen LogP contribution in [0.15, 0.2) is 35.3 Å². The predicted molar refractivity (Wildman–Crippen MR) is 83.5 cm³/mol. The first-order valence-electron chi connectivity index (χ1n) is 6.79. The Kier molecular flexibility index (Phi) is 6.72. The van der Waals surface area contributed by atoms with Gasteiger partial charge in [-0.3, -0.25) is 4.99 Å². The minimum absolute atomic E-state index is 0.801. The lowest BCUT2D eigenvalue weighted by atomic mass is 10.1. The smallest absolute Gasteiger partial charge is 0.191 e. The van der Waals surface area contributed by atoms with E-state index in [2.05, 4.69) is 59.8 Å². The Hall–Kier alpha value is -1.77. The number of aryl methyl sites for hydroxylation is 2. The maximum absolute atomic E-state index is 4.22. The second kappa shape index (κ2) is 8.35. The van der Waals surface area contributed by atoms with Gasteiger partial charge in [0.1, 0.15) is 0 Å². The van der Waals surface area contributed by atoms with Crippen molar-refractivity contribution in [3.63, 3.8) is 0 Å². The first-order chi connectivity index (χ1) is 9.17. The summed E-state index contributed by atoms with van der Waals surface area (Å²) in [4.78, 5) is 4.22. The summed E-state index contributed by atoms with van der Waals surface area (Å²) in [7, 11) is 1.80. The van der Waals surface area contributed by atoms with Gasteiger partial charge in [0.15, 0.2) is 5.96 Å². The number of benzene rings is 1. The Balaban J connectivity index is 2.45. The van der Waals surface area contributed by atoms with Crippen LogP contribution in [0.2, 0.25) is 0 Å². The fraction of sp³-hybridized carbons (Fsp3) is 0.438. The monoisotopic (exact) mass is 259 g/mol. The molecule has 1 rings (SSSR count). The van der Waals surface area contributed by atoms with E-state index in [-0.39, 0.29) is 0 Å². The van der Waals surface area contributed by atoms with Crippen LogP contribution in [0.5, 0.6) is 0 Å². The summed E-state index contributed by atoms with van der Waals surface area (Å²) in [6, 6.07) is 6.52. The molecule has 0 heterocycles. The van der Waals surface area contributed by atoms with E-state index in [1.807, 2.05) is 6.92 Å². The number of rotatable bonds is 5. The average molecular weight is 259 g/mol. The summed E-state index contributed by atoms with van der Waals surface area (Å²) in [5, 5.41) is 6.63. The Morgan fingerprint density at radius 3 is 2.68 bits per heavy atom. The molecule has 1 aromatic carbocycles. The number of guanidine groups is 1. The van der Waals surface area contributed by atoms with Gasteiger partial charge in [-0.05, 0) is 38.3 Å². The van der Waals surface area contributed by atoms with Gasteiger partial charge in [-0.25, -0.2) is 0 Å². The third-order valence-electron chi connectivity index (χ3n) is 3.01.